The molecule has 0 saturated carbocycles. The van der Waals surface area contributed by atoms with Crippen molar-refractivity contribution in [2.24, 2.45) is 5.10 Å². The maximum Gasteiger partial charge on any atom is 0.257 e. The van der Waals surface area contributed by atoms with Crippen LogP contribution in [-0.4, -0.2) is 37.9 Å². The average Bonchev–Trinajstić information content (AvgIpc) is 3.01. The van der Waals surface area contributed by atoms with Crippen LogP contribution >= 0.6 is 0 Å². The first-order valence-electron chi connectivity index (χ1n) is 9.69. The lowest BCUT2D eigenvalue weighted by atomic mass is 10.2. The van der Waals surface area contributed by atoms with E-state index in [-0.39, 0.29) is 29.1 Å². The fraction of sp³-hybridized carbons (Fsp3) is 0.182. The molecule has 2 aromatic heterocycles. The van der Waals surface area contributed by atoms with E-state index >= 15 is 0 Å². The van der Waals surface area contributed by atoms with Crippen LogP contribution in [0.3, 0.4) is 0 Å². The van der Waals surface area contributed by atoms with Gasteiger partial charge in [0, 0.05) is 11.6 Å². The second-order valence-corrected chi connectivity index (χ2v) is 7.04. The molecule has 8 heteroatoms. The first-order valence-corrected chi connectivity index (χ1v) is 9.69. The summed E-state index contributed by atoms with van der Waals surface area (Å²) in [5.41, 5.74) is 9.15. The molecule has 0 radical (unpaired) electrons. The van der Waals surface area contributed by atoms with Gasteiger partial charge in [-0.1, -0.05) is 31.2 Å². The lowest BCUT2D eigenvalue weighted by Gasteiger charge is -2.11. The highest BCUT2D eigenvalue weighted by atomic mass is 16.3. The van der Waals surface area contributed by atoms with Gasteiger partial charge in [0.15, 0.2) is 5.65 Å². The monoisotopic (exact) mass is 402 g/mol. The van der Waals surface area contributed by atoms with Crippen molar-refractivity contribution in [2.75, 3.05) is 5.73 Å². The number of hydrogen-bond acceptors (Lipinski definition) is 6. The maximum atomic E-state index is 13.0. The lowest BCUT2D eigenvalue weighted by Crippen LogP contribution is -2.32. The predicted molar refractivity (Wildman–Crippen MR) is 118 cm³/mol. The molecule has 0 unspecified atom stereocenters. The van der Waals surface area contributed by atoms with E-state index in [1.165, 1.54) is 10.9 Å². The number of nitrogen functional groups attached to an aromatic ring is 1. The third-order valence-corrected chi connectivity index (χ3v) is 4.94. The zero-order valence-corrected chi connectivity index (χ0v) is 16.7. The zero-order chi connectivity index (χ0) is 21.3. The molecule has 0 spiro atoms. The summed E-state index contributed by atoms with van der Waals surface area (Å²) in [6, 6.07) is 14.2. The van der Waals surface area contributed by atoms with Crippen LogP contribution in [-0.2, 0) is 0 Å². The second kappa shape index (κ2) is 7.82. The number of phenolic OH excluding ortho intramolecular Hbond substituents is 1. The Morgan fingerprint density at radius 1 is 1.20 bits per heavy atom. The molecule has 152 valence electrons. The number of para-hydroxylation sites is 3. The molecule has 8 nitrogen and oxygen atoms in total. The summed E-state index contributed by atoms with van der Waals surface area (Å²) in [6.45, 7) is 3.91. The summed E-state index contributed by atoms with van der Waals surface area (Å²) in [5.74, 6) is -0.108. The van der Waals surface area contributed by atoms with Gasteiger partial charge in [0.1, 0.15) is 22.6 Å². The van der Waals surface area contributed by atoms with Crippen molar-refractivity contribution >= 4 is 40.1 Å². The Labute approximate surface area is 173 Å². The minimum absolute atomic E-state index is 0.0199. The molecule has 4 aromatic rings. The number of anilines is 1. The van der Waals surface area contributed by atoms with E-state index in [9.17, 15) is 9.90 Å². The highest BCUT2D eigenvalue weighted by Crippen LogP contribution is 2.28. The van der Waals surface area contributed by atoms with Gasteiger partial charge in [-0.05, 0) is 37.6 Å². The summed E-state index contributed by atoms with van der Waals surface area (Å²) in [6.07, 6.45) is 2.25. The topological polar surface area (TPSA) is 118 Å². The van der Waals surface area contributed by atoms with E-state index in [0.29, 0.717) is 27.8 Å². The van der Waals surface area contributed by atoms with Gasteiger partial charge in [-0.25, -0.2) is 9.97 Å². The van der Waals surface area contributed by atoms with Crippen LogP contribution in [0.15, 0.2) is 53.6 Å². The van der Waals surface area contributed by atoms with Crippen molar-refractivity contribution < 1.29 is 9.90 Å². The Morgan fingerprint density at radius 3 is 2.57 bits per heavy atom. The van der Waals surface area contributed by atoms with Gasteiger partial charge >= 0.3 is 0 Å². The van der Waals surface area contributed by atoms with E-state index < -0.39 is 0 Å². The quantitative estimate of drug-likeness (QED) is 0.443. The molecule has 2 heterocycles. The minimum Gasteiger partial charge on any atom is -0.507 e. The van der Waals surface area contributed by atoms with Gasteiger partial charge in [-0.2, -0.15) is 9.78 Å². The van der Waals surface area contributed by atoms with E-state index in [1.807, 2.05) is 38.1 Å². The van der Waals surface area contributed by atoms with Crippen LogP contribution in [0.2, 0.25) is 0 Å². The Balaban J connectivity index is 1.92. The third-order valence-electron chi connectivity index (χ3n) is 4.94. The standard InChI is InChI=1S/C22H22N6O2/c1-3-13(2)25-22(30)18-19-21(27-16-10-6-5-9-15(16)26-19)28(20(18)23)24-12-14-8-4-7-11-17(14)29/h4-13,29H,3,23H2,1-2H3,(H,25,30)/b24-12-/t13-/m0/s1. The highest BCUT2D eigenvalue weighted by molar-refractivity contribution is 6.10. The smallest absolute Gasteiger partial charge is 0.257 e. The molecule has 4 N–H and O–H groups in total. The zero-order valence-electron chi connectivity index (χ0n) is 16.7. The SMILES string of the molecule is CC[C@H](C)NC(=O)c1c(N)n(/N=C\c2ccccc2O)c2nc3ccccc3nc12. The third kappa shape index (κ3) is 3.43. The van der Waals surface area contributed by atoms with Crippen LogP contribution in [0.25, 0.3) is 22.2 Å². The van der Waals surface area contributed by atoms with Crippen LogP contribution < -0.4 is 11.1 Å². The predicted octanol–water partition coefficient (Wildman–Crippen LogP) is 3.28. The van der Waals surface area contributed by atoms with Gasteiger partial charge in [0.25, 0.3) is 5.91 Å². The number of fused-ring (bicyclic) bond motifs is 2. The van der Waals surface area contributed by atoms with Gasteiger partial charge in [0.05, 0.1) is 17.2 Å². The van der Waals surface area contributed by atoms with Crippen molar-refractivity contribution in [1.29, 1.82) is 0 Å². The average molecular weight is 402 g/mol. The lowest BCUT2D eigenvalue weighted by molar-refractivity contribution is 0.0941. The van der Waals surface area contributed by atoms with Crippen LogP contribution in [0.5, 0.6) is 5.75 Å². The molecule has 4 rings (SSSR count). The van der Waals surface area contributed by atoms with Crippen molar-refractivity contribution in [1.82, 2.24) is 20.0 Å². The number of nitrogens with zero attached hydrogens (tertiary/aromatic N) is 4. The normalized spacial score (nSPS) is 12.6. The number of carbonyl (C=O) groups excluding carboxylic acids is 1. The van der Waals surface area contributed by atoms with E-state index in [1.54, 1.807) is 24.3 Å². The Bertz CT molecular complexity index is 1280. The molecular weight excluding hydrogens is 380 g/mol. The van der Waals surface area contributed by atoms with Gasteiger partial charge < -0.3 is 16.2 Å². The number of amides is 1. The molecule has 30 heavy (non-hydrogen) atoms. The van der Waals surface area contributed by atoms with Gasteiger partial charge in [-0.3, -0.25) is 4.79 Å². The number of aromatic nitrogens is 3. The number of nitrogens with one attached hydrogen (secondary N) is 1. The van der Waals surface area contributed by atoms with Crippen molar-refractivity contribution in [3.63, 3.8) is 0 Å². The minimum atomic E-state index is -0.326. The van der Waals surface area contributed by atoms with Gasteiger partial charge in [0.2, 0.25) is 0 Å². The molecule has 0 aliphatic heterocycles. The van der Waals surface area contributed by atoms with Gasteiger partial charge in [-0.15, -0.1) is 0 Å². The molecule has 0 fully saturated rings. The van der Waals surface area contributed by atoms with Crippen LogP contribution in [0.1, 0.15) is 36.2 Å². The van der Waals surface area contributed by atoms with E-state index in [2.05, 4.69) is 20.4 Å². The fourth-order valence-corrected chi connectivity index (χ4v) is 3.10. The number of phenols is 1. The number of carbonyl (C=O) groups is 1. The molecule has 0 bridgehead atoms. The summed E-state index contributed by atoms with van der Waals surface area (Å²) in [4.78, 5) is 22.2. The fourth-order valence-electron chi connectivity index (χ4n) is 3.10. The van der Waals surface area contributed by atoms with E-state index in [0.717, 1.165) is 6.42 Å². The summed E-state index contributed by atoms with van der Waals surface area (Å²) in [5, 5.41) is 17.3. The number of nitrogens with two attached hydrogens (primary N) is 1. The molecule has 0 saturated heterocycles. The van der Waals surface area contributed by atoms with Crippen molar-refractivity contribution in [3.05, 3.63) is 59.7 Å². The molecule has 0 aliphatic rings. The number of aromatic hydroxyl groups is 1. The molecule has 2 aromatic carbocycles. The summed E-state index contributed by atoms with van der Waals surface area (Å²) in [7, 11) is 0. The Hall–Kier alpha value is -3.94. The van der Waals surface area contributed by atoms with Crippen LogP contribution in [0, 0.1) is 0 Å². The first kappa shape index (κ1) is 19.4. The molecule has 0 aliphatic carbocycles. The summed E-state index contributed by atoms with van der Waals surface area (Å²) >= 11 is 0. The van der Waals surface area contributed by atoms with Crippen molar-refractivity contribution in [2.45, 2.75) is 26.3 Å². The number of benzene rings is 2. The Morgan fingerprint density at radius 2 is 1.87 bits per heavy atom. The van der Waals surface area contributed by atoms with E-state index in [4.69, 9.17) is 5.73 Å². The number of hydrogen-bond donors (Lipinski definition) is 3. The summed E-state index contributed by atoms with van der Waals surface area (Å²) < 4.78 is 1.38. The molecule has 1 amide bonds. The highest BCUT2D eigenvalue weighted by Gasteiger charge is 2.24. The van der Waals surface area contributed by atoms with Crippen molar-refractivity contribution in [3.8, 4) is 5.75 Å². The first-order chi connectivity index (χ1) is 14.5. The number of rotatable bonds is 5. The Kier molecular flexibility index (Phi) is 5.05. The largest absolute Gasteiger partial charge is 0.507 e. The van der Waals surface area contributed by atoms with Crippen LogP contribution in [0.4, 0.5) is 5.82 Å². The maximum absolute atomic E-state index is 13.0. The second-order valence-electron chi connectivity index (χ2n) is 7.04. The molecular formula is C22H22N6O2. The molecule has 1 atom stereocenters.